The molecule has 3 unspecified atom stereocenters. The van der Waals surface area contributed by atoms with Crippen molar-refractivity contribution in [1.82, 2.24) is 4.90 Å². The number of guanidine groups is 1. The number of rotatable bonds is 29. The Morgan fingerprint density at radius 1 is 0.854 bits per heavy atom. The van der Waals surface area contributed by atoms with Gasteiger partial charge in [-0.2, -0.15) is 9.98 Å². The third kappa shape index (κ3) is 16.3. The number of nitrogens with two attached hydrogens (primary N) is 1. The number of ether oxygens (including phenoxy) is 4. The quantitative estimate of drug-likeness (QED) is 0.0668. The van der Waals surface area contributed by atoms with Crippen molar-refractivity contribution in [3.63, 3.8) is 0 Å². The van der Waals surface area contributed by atoms with Crippen LogP contribution in [0.2, 0.25) is 0 Å². The van der Waals surface area contributed by atoms with Crippen molar-refractivity contribution < 1.29 is 37.4 Å². The summed E-state index contributed by atoms with van der Waals surface area (Å²) in [5.41, 5.74) is 5.63. The average Bonchev–Trinajstić information content (AvgIpc) is 3.63. The van der Waals surface area contributed by atoms with Crippen molar-refractivity contribution in [2.24, 2.45) is 20.7 Å². The Labute approximate surface area is 288 Å². The lowest BCUT2D eigenvalue weighted by Crippen LogP contribution is -2.41. The Bertz CT molecular complexity index is 1070. The fourth-order valence-corrected chi connectivity index (χ4v) is 7.12. The van der Waals surface area contributed by atoms with E-state index in [1.165, 1.54) is 96.2 Å². The second-order valence-corrected chi connectivity index (χ2v) is 15.3. The lowest BCUT2D eigenvalue weighted by atomic mass is 10.0. The van der Waals surface area contributed by atoms with E-state index in [9.17, 15) is 9.36 Å². The highest BCUT2D eigenvalue weighted by molar-refractivity contribution is 7.53. The van der Waals surface area contributed by atoms with Gasteiger partial charge < -0.3 is 38.6 Å². The maximum absolute atomic E-state index is 13.6. The van der Waals surface area contributed by atoms with Crippen molar-refractivity contribution in [2.75, 3.05) is 52.5 Å². The maximum Gasteiger partial charge on any atom is 0.356 e. The molecule has 0 radical (unpaired) electrons. The highest BCUT2D eigenvalue weighted by Crippen LogP contribution is 2.48. The monoisotopic (exact) mass is 699 g/mol. The number of hydrogen-bond donors (Lipinski definition) is 1. The van der Waals surface area contributed by atoms with Gasteiger partial charge in [-0.1, -0.05) is 103 Å². The van der Waals surface area contributed by atoms with E-state index in [0.29, 0.717) is 32.2 Å². The molecule has 48 heavy (non-hydrogen) atoms. The summed E-state index contributed by atoms with van der Waals surface area (Å²) in [7, 11) is -3.63. The first-order valence-corrected chi connectivity index (χ1v) is 20.1. The number of nitrogens with zero attached hydrogens (tertiary/aromatic N) is 4. The van der Waals surface area contributed by atoms with E-state index in [1.807, 2.05) is 13.8 Å². The van der Waals surface area contributed by atoms with E-state index in [1.54, 1.807) is 4.90 Å². The van der Waals surface area contributed by atoms with Crippen LogP contribution in [-0.2, 0) is 37.4 Å². The van der Waals surface area contributed by atoms with Crippen molar-refractivity contribution in [3.8, 4) is 0 Å². The van der Waals surface area contributed by atoms with Crippen LogP contribution in [0.4, 0.5) is 0 Å². The van der Waals surface area contributed by atoms with Crippen LogP contribution in [-0.4, -0.2) is 99.4 Å². The zero-order valence-electron chi connectivity index (χ0n) is 29.8. The lowest BCUT2D eigenvalue weighted by Gasteiger charge is -2.22. The van der Waals surface area contributed by atoms with Gasteiger partial charge in [0.2, 0.25) is 5.96 Å². The van der Waals surface area contributed by atoms with Gasteiger partial charge in [-0.25, -0.2) is 0 Å². The average molecular weight is 700 g/mol. The molecule has 3 aliphatic heterocycles. The summed E-state index contributed by atoms with van der Waals surface area (Å²) in [4.78, 5) is 25.6. The predicted octanol–water partition coefficient (Wildman–Crippen LogP) is 6.58. The number of aliphatic imine (C=N–C) groups is 3. The van der Waals surface area contributed by atoms with Gasteiger partial charge in [-0.15, -0.1) is 0 Å². The van der Waals surface area contributed by atoms with E-state index in [4.69, 9.17) is 33.7 Å². The first-order chi connectivity index (χ1) is 23.2. The highest BCUT2D eigenvalue weighted by atomic mass is 31.2. The molecule has 0 bridgehead atoms. The summed E-state index contributed by atoms with van der Waals surface area (Å²) in [5.74, 6) is -0.883. The molecule has 1 amide bonds. The summed E-state index contributed by atoms with van der Waals surface area (Å²) >= 11 is 0. The van der Waals surface area contributed by atoms with Crippen LogP contribution in [0.15, 0.2) is 15.0 Å². The molecule has 0 aliphatic carbocycles. The van der Waals surface area contributed by atoms with E-state index in [2.05, 4.69) is 21.9 Å². The molecule has 1 saturated heterocycles. The first-order valence-electron chi connectivity index (χ1n) is 18.3. The summed E-state index contributed by atoms with van der Waals surface area (Å²) in [6.45, 7) is 7.83. The summed E-state index contributed by atoms with van der Waals surface area (Å²) in [5, 5.41) is 0. The maximum atomic E-state index is 13.6. The highest BCUT2D eigenvalue weighted by Gasteiger charge is 2.37. The van der Waals surface area contributed by atoms with Gasteiger partial charge in [0.25, 0.3) is 5.91 Å². The zero-order valence-corrected chi connectivity index (χ0v) is 30.7. The number of carbonyl (C=O) groups excluding carboxylic acids is 1. The summed E-state index contributed by atoms with van der Waals surface area (Å²) in [6.07, 6.45) is 22.1. The van der Waals surface area contributed by atoms with Crippen LogP contribution in [0, 0.1) is 0 Å². The van der Waals surface area contributed by atoms with Crippen LogP contribution in [0.25, 0.3) is 0 Å². The van der Waals surface area contributed by atoms with Gasteiger partial charge in [-0.3, -0.25) is 14.4 Å². The second-order valence-electron chi connectivity index (χ2n) is 13.3. The largest absolute Gasteiger partial charge is 0.379 e. The Morgan fingerprint density at radius 3 is 2.08 bits per heavy atom. The Morgan fingerprint density at radius 2 is 1.48 bits per heavy atom. The molecule has 13 nitrogen and oxygen atoms in total. The number of unbranched alkanes of at least 4 members (excludes halogenated alkanes) is 15. The number of amidine groups is 1. The molecule has 0 aromatic carbocycles. The number of hydrogen-bond acceptors (Lipinski definition) is 12. The molecule has 3 heterocycles. The van der Waals surface area contributed by atoms with Crippen molar-refractivity contribution in [1.29, 1.82) is 0 Å². The van der Waals surface area contributed by atoms with Gasteiger partial charge in [0, 0.05) is 13.2 Å². The third-order valence-corrected chi connectivity index (χ3v) is 10.1. The van der Waals surface area contributed by atoms with E-state index >= 15 is 0 Å². The van der Waals surface area contributed by atoms with E-state index in [0.717, 1.165) is 12.8 Å². The van der Waals surface area contributed by atoms with Gasteiger partial charge in [0.1, 0.15) is 18.3 Å². The lowest BCUT2D eigenvalue weighted by molar-refractivity contribution is -0.141. The van der Waals surface area contributed by atoms with Gasteiger partial charge >= 0.3 is 7.60 Å². The number of amides is 1. The minimum absolute atomic E-state index is 0.0438. The third-order valence-electron chi connectivity index (χ3n) is 8.49. The second kappa shape index (κ2) is 22.9. The fraction of sp³-hybridized carbons (Fsp3) is 0.882. The summed E-state index contributed by atoms with van der Waals surface area (Å²) < 4.78 is 47.8. The topological polar surface area (TPSA) is 156 Å². The molecule has 3 aliphatic rings. The SMILES string of the molecule is CCCCCCCCCCCCCCCCCCOCCOP(=O)(COCCN1C=NC2C(=O)N=C(N)N=C21)OCC1COC(C)(C)O1. The molecule has 1 fully saturated rings. The fourth-order valence-electron chi connectivity index (χ4n) is 5.80. The van der Waals surface area contributed by atoms with Gasteiger partial charge in [0.15, 0.2) is 11.8 Å². The standard InChI is InChI=1S/C34H62N5O8P/c1-4-5-6-7-8-9-10-11-12-13-14-15-16-17-18-19-21-42-23-24-45-48(41,46-26-29-25-44-34(2,3)47-29)28-43-22-20-39-27-36-30-31(39)37-33(35)38-32(30)40/h27,29-30H,4-26,28H2,1-3H3,(H2,35,38,40). The minimum Gasteiger partial charge on any atom is -0.379 e. The molecule has 0 aromatic heterocycles. The normalized spacial score (nSPS) is 21.4. The zero-order chi connectivity index (χ0) is 34.5. The van der Waals surface area contributed by atoms with Crippen LogP contribution < -0.4 is 5.73 Å². The van der Waals surface area contributed by atoms with Crippen molar-refractivity contribution in [3.05, 3.63) is 0 Å². The van der Waals surface area contributed by atoms with Gasteiger partial charge in [0.05, 0.1) is 39.4 Å². The van der Waals surface area contributed by atoms with E-state index < -0.39 is 25.3 Å². The van der Waals surface area contributed by atoms with Crippen LogP contribution in [0.5, 0.6) is 0 Å². The molecule has 0 spiro atoms. The molecule has 276 valence electrons. The van der Waals surface area contributed by atoms with E-state index in [-0.39, 0.29) is 38.2 Å². The Kier molecular flexibility index (Phi) is 19.4. The van der Waals surface area contributed by atoms with Crippen molar-refractivity contribution >= 4 is 31.6 Å². The van der Waals surface area contributed by atoms with Crippen LogP contribution in [0.1, 0.15) is 124 Å². The Balaban J connectivity index is 1.22. The molecular formula is C34H62N5O8P. The number of fused-ring (bicyclic) bond motifs is 1. The Hall–Kier alpha value is -1.73. The molecule has 14 heteroatoms. The molecule has 2 N–H and O–H groups in total. The molecule has 3 atom stereocenters. The molecule has 0 saturated carbocycles. The van der Waals surface area contributed by atoms with Crippen LogP contribution in [0.3, 0.4) is 0 Å². The van der Waals surface area contributed by atoms with Crippen molar-refractivity contribution in [2.45, 2.75) is 141 Å². The summed E-state index contributed by atoms with van der Waals surface area (Å²) in [6, 6.07) is -0.785. The molecule has 3 rings (SSSR count). The predicted molar refractivity (Wildman–Crippen MR) is 189 cm³/mol. The first kappa shape index (κ1) is 40.7. The molecule has 0 aromatic rings. The van der Waals surface area contributed by atoms with Gasteiger partial charge in [-0.05, 0) is 20.3 Å². The minimum atomic E-state index is -3.63. The van der Waals surface area contributed by atoms with Crippen LogP contribution >= 0.6 is 7.60 Å². The smallest absolute Gasteiger partial charge is 0.356 e. The molecular weight excluding hydrogens is 637 g/mol. The number of carbonyl (C=O) groups is 1.